The minimum Gasteiger partial charge on any atom is -0.366 e. The van der Waals surface area contributed by atoms with Gasteiger partial charge in [0, 0.05) is 12.7 Å². The summed E-state index contributed by atoms with van der Waals surface area (Å²) in [5.74, 6) is -3.16. The van der Waals surface area contributed by atoms with Crippen LogP contribution in [0.25, 0.3) is 0 Å². The van der Waals surface area contributed by atoms with Gasteiger partial charge in [0.1, 0.15) is 11.6 Å². The standard InChI is InChI=1S/C16H15F2N3O4S/c1-21(26(24,25)12-5-2-10(17)3-6-12)9-15(22)20-11-4-7-14(18)13(8-11)16(19)23/h2-8H,9H2,1H3,(H2,19,23)(H,20,22). The lowest BCUT2D eigenvalue weighted by Gasteiger charge is -2.17. The highest BCUT2D eigenvalue weighted by Gasteiger charge is 2.23. The minimum atomic E-state index is -4.00. The molecule has 7 nitrogen and oxygen atoms in total. The SMILES string of the molecule is CN(CC(=O)Nc1ccc(F)c(C(N)=O)c1)S(=O)(=O)c1ccc(F)cc1. The number of primary amides is 1. The molecule has 0 aromatic heterocycles. The molecule has 0 aliphatic rings. The summed E-state index contributed by atoms with van der Waals surface area (Å²) in [5.41, 5.74) is 4.70. The van der Waals surface area contributed by atoms with Gasteiger partial charge in [-0.3, -0.25) is 9.59 Å². The molecule has 0 aliphatic heterocycles. The molecule has 2 rings (SSSR count). The van der Waals surface area contributed by atoms with Crippen molar-refractivity contribution in [1.29, 1.82) is 0 Å². The number of rotatable bonds is 6. The van der Waals surface area contributed by atoms with Gasteiger partial charge in [-0.05, 0) is 42.5 Å². The number of halogens is 2. The van der Waals surface area contributed by atoms with Gasteiger partial charge in [-0.15, -0.1) is 0 Å². The fourth-order valence-electron chi connectivity index (χ4n) is 2.07. The van der Waals surface area contributed by atoms with E-state index in [1.165, 1.54) is 13.1 Å². The van der Waals surface area contributed by atoms with Crippen molar-refractivity contribution >= 4 is 27.5 Å². The Morgan fingerprint density at radius 2 is 1.73 bits per heavy atom. The Morgan fingerprint density at radius 1 is 1.12 bits per heavy atom. The Kier molecular flexibility index (Phi) is 5.68. The van der Waals surface area contributed by atoms with Gasteiger partial charge >= 0.3 is 0 Å². The predicted octanol–water partition coefficient (Wildman–Crippen LogP) is 1.32. The second-order valence-corrected chi connectivity index (χ2v) is 7.37. The Balaban J connectivity index is 2.11. The van der Waals surface area contributed by atoms with Gasteiger partial charge in [-0.25, -0.2) is 17.2 Å². The highest BCUT2D eigenvalue weighted by Crippen LogP contribution is 2.16. The van der Waals surface area contributed by atoms with Crippen LogP contribution in [0.1, 0.15) is 10.4 Å². The van der Waals surface area contributed by atoms with Crippen LogP contribution >= 0.6 is 0 Å². The molecule has 2 aromatic carbocycles. The maximum atomic E-state index is 13.4. The summed E-state index contributed by atoms with van der Waals surface area (Å²) < 4.78 is 51.8. The van der Waals surface area contributed by atoms with E-state index in [0.717, 1.165) is 40.7 Å². The second kappa shape index (κ2) is 7.58. The van der Waals surface area contributed by atoms with Gasteiger partial charge in [-0.1, -0.05) is 0 Å². The molecule has 0 atom stereocenters. The molecule has 0 fully saturated rings. The molecule has 138 valence electrons. The average Bonchev–Trinajstić information content (AvgIpc) is 2.56. The van der Waals surface area contributed by atoms with E-state index in [1.54, 1.807) is 0 Å². The van der Waals surface area contributed by atoms with E-state index >= 15 is 0 Å². The van der Waals surface area contributed by atoms with Crippen molar-refractivity contribution in [3.05, 3.63) is 59.7 Å². The van der Waals surface area contributed by atoms with Gasteiger partial charge in [-0.2, -0.15) is 4.31 Å². The molecular formula is C16H15F2N3O4S. The third-order valence-corrected chi connectivity index (χ3v) is 5.22. The van der Waals surface area contributed by atoms with Crippen LogP contribution < -0.4 is 11.1 Å². The topological polar surface area (TPSA) is 110 Å². The maximum absolute atomic E-state index is 13.4. The van der Waals surface area contributed by atoms with Gasteiger partial charge in [0.05, 0.1) is 17.0 Å². The Hall–Kier alpha value is -2.85. The molecule has 0 saturated carbocycles. The van der Waals surface area contributed by atoms with Crippen molar-refractivity contribution in [3.8, 4) is 0 Å². The number of benzene rings is 2. The highest BCUT2D eigenvalue weighted by molar-refractivity contribution is 7.89. The lowest BCUT2D eigenvalue weighted by Crippen LogP contribution is -2.35. The van der Waals surface area contributed by atoms with Crippen LogP contribution in [0.3, 0.4) is 0 Å². The van der Waals surface area contributed by atoms with E-state index in [4.69, 9.17) is 5.73 Å². The number of hydrogen-bond donors (Lipinski definition) is 2. The van der Waals surface area contributed by atoms with Crippen LogP contribution in [-0.2, 0) is 14.8 Å². The third-order valence-electron chi connectivity index (χ3n) is 3.40. The van der Waals surface area contributed by atoms with Gasteiger partial charge in [0.25, 0.3) is 5.91 Å². The zero-order valence-electron chi connectivity index (χ0n) is 13.6. The Labute approximate surface area is 148 Å². The first-order valence-electron chi connectivity index (χ1n) is 7.22. The summed E-state index contributed by atoms with van der Waals surface area (Å²) in [4.78, 5) is 23.0. The zero-order valence-corrected chi connectivity index (χ0v) is 14.4. The van der Waals surface area contributed by atoms with Crippen molar-refractivity contribution in [2.24, 2.45) is 5.73 Å². The van der Waals surface area contributed by atoms with Crippen LogP contribution in [0, 0.1) is 11.6 Å². The van der Waals surface area contributed by atoms with E-state index < -0.39 is 45.6 Å². The first kappa shape index (κ1) is 19.5. The smallest absolute Gasteiger partial charge is 0.251 e. The van der Waals surface area contributed by atoms with E-state index in [1.807, 2.05) is 0 Å². The van der Waals surface area contributed by atoms with Crippen molar-refractivity contribution < 1.29 is 26.8 Å². The number of likely N-dealkylation sites (N-methyl/N-ethyl adjacent to an activating group) is 1. The summed E-state index contributed by atoms with van der Waals surface area (Å²) in [6.07, 6.45) is 0. The molecule has 2 amide bonds. The average molecular weight is 383 g/mol. The molecule has 0 saturated heterocycles. The van der Waals surface area contributed by atoms with Gasteiger partial charge in [0.15, 0.2) is 0 Å². The highest BCUT2D eigenvalue weighted by atomic mass is 32.2. The summed E-state index contributed by atoms with van der Waals surface area (Å²) in [5, 5.41) is 2.35. The largest absolute Gasteiger partial charge is 0.366 e. The molecule has 26 heavy (non-hydrogen) atoms. The van der Waals surface area contributed by atoms with Crippen molar-refractivity contribution in [3.63, 3.8) is 0 Å². The molecule has 0 radical (unpaired) electrons. The zero-order chi connectivity index (χ0) is 19.5. The predicted molar refractivity (Wildman–Crippen MR) is 89.8 cm³/mol. The fourth-order valence-corrected chi connectivity index (χ4v) is 3.19. The number of hydrogen-bond acceptors (Lipinski definition) is 4. The monoisotopic (exact) mass is 383 g/mol. The fraction of sp³-hybridized carbons (Fsp3) is 0.125. The number of nitrogens with one attached hydrogen (secondary N) is 1. The number of nitrogens with two attached hydrogens (primary N) is 1. The molecule has 0 heterocycles. The van der Waals surface area contributed by atoms with Crippen LogP contribution in [0.2, 0.25) is 0 Å². The van der Waals surface area contributed by atoms with Crippen molar-refractivity contribution in [2.75, 3.05) is 18.9 Å². The van der Waals surface area contributed by atoms with Crippen LogP contribution in [-0.4, -0.2) is 38.1 Å². The lowest BCUT2D eigenvalue weighted by atomic mass is 10.2. The number of nitrogens with zero attached hydrogens (tertiary/aromatic N) is 1. The Bertz CT molecular complexity index is 946. The van der Waals surface area contributed by atoms with E-state index in [2.05, 4.69) is 5.32 Å². The van der Waals surface area contributed by atoms with E-state index in [9.17, 15) is 26.8 Å². The first-order chi connectivity index (χ1) is 12.1. The third kappa shape index (κ3) is 4.41. The first-order valence-corrected chi connectivity index (χ1v) is 8.66. The number of carbonyl (C=O) groups is 2. The van der Waals surface area contributed by atoms with Gasteiger partial charge < -0.3 is 11.1 Å². The summed E-state index contributed by atoms with van der Waals surface area (Å²) in [7, 11) is -2.82. The molecule has 2 aromatic rings. The minimum absolute atomic E-state index is 0.0813. The summed E-state index contributed by atoms with van der Waals surface area (Å²) in [6.45, 7) is -0.553. The number of carbonyl (C=O) groups excluding carboxylic acids is 2. The maximum Gasteiger partial charge on any atom is 0.251 e. The van der Waals surface area contributed by atoms with Crippen LogP contribution in [0.5, 0.6) is 0 Å². The van der Waals surface area contributed by atoms with Gasteiger partial charge in [0.2, 0.25) is 15.9 Å². The summed E-state index contributed by atoms with van der Waals surface area (Å²) >= 11 is 0. The summed E-state index contributed by atoms with van der Waals surface area (Å²) in [6, 6.07) is 7.35. The molecule has 3 N–H and O–H groups in total. The van der Waals surface area contributed by atoms with Crippen LogP contribution in [0.4, 0.5) is 14.5 Å². The molecular weight excluding hydrogens is 368 g/mol. The Morgan fingerprint density at radius 3 is 2.31 bits per heavy atom. The van der Waals surface area contributed by atoms with E-state index in [0.29, 0.717) is 0 Å². The van der Waals surface area contributed by atoms with Crippen molar-refractivity contribution in [1.82, 2.24) is 4.31 Å². The lowest BCUT2D eigenvalue weighted by molar-refractivity contribution is -0.116. The molecule has 0 bridgehead atoms. The molecule has 0 unspecified atom stereocenters. The van der Waals surface area contributed by atoms with Crippen molar-refractivity contribution in [2.45, 2.75) is 4.90 Å². The van der Waals surface area contributed by atoms with Crippen LogP contribution in [0.15, 0.2) is 47.4 Å². The second-order valence-electron chi connectivity index (χ2n) is 5.32. The number of anilines is 1. The number of sulfonamides is 1. The molecule has 0 spiro atoms. The molecule has 10 heteroatoms. The normalized spacial score (nSPS) is 11.4. The molecule has 0 aliphatic carbocycles. The quantitative estimate of drug-likeness (QED) is 0.784. The number of amides is 2. The van der Waals surface area contributed by atoms with E-state index in [-0.39, 0.29) is 10.6 Å².